The number of rotatable bonds is 8. The maximum absolute atomic E-state index is 11.1. The third-order valence-corrected chi connectivity index (χ3v) is 3.58. The molecule has 0 aromatic heterocycles. The third-order valence-electron chi connectivity index (χ3n) is 2.56. The van der Waals surface area contributed by atoms with Crippen molar-refractivity contribution in [1.82, 2.24) is 0 Å². The molecule has 0 radical (unpaired) electrons. The van der Waals surface area contributed by atoms with Crippen molar-refractivity contribution in [3.8, 4) is 5.75 Å². The molecule has 0 bridgehead atoms. The molecule has 0 aliphatic carbocycles. The summed E-state index contributed by atoms with van der Waals surface area (Å²) in [5.74, 6) is 2.15. The second-order valence-corrected chi connectivity index (χ2v) is 5.43. The van der Waals surface area contributed by atoms with E-state index in [-0.39, 0.29) is 5.97 Å². The van der Waals surface area contributed by atoms with Crippen LogP contribution in [0.4, 0.5) is 0 Å². The van der Waals surface area contributed by atoms with Crippen LogP contribution in [0.15, 0.2) is 18.2 Å². The van der Waals surface area contributed by atoms with E-state index in [1.165, 1.54) is 5.56 Å². The van der Waals surface area contributed by atoms with Crippen LogP contribution in [0.25, 0.3) is 0 Å². The van der Waals surface area contributed by atoms with Crippen LogP contribution in [-0.4, -0.2) is 30.7 Å². The highest BCUT2D eigenvalue weighted by molar-refractivity contribution is 7.99. The van der Waals surface area contributed by atoms with Gasteiger partial charge < -0.3 is 9.47 Å². The Labute approximate surface area is 119 Å². The van der Waals surface area contributed by atoms with E-state index in [4.69, 9.17) is 9.47 Å². The summed E-state index contributed by atoms with van der Waals surface area (Å²) < 4.78 is 10.6. The van der Waals surface area contributed by atoms with Crippen molar-refractivity contribution in [1.29, 1.82) is 0 Å². The van der Waals surface area contributed by atoms with Gasteiger partial charge in [0.15, 0.2) is 0 Å². The molecule has 0 heterocycles. The van der Waals surface area contributed by atoms with E-state index >= 15 is 0 Å². The number of carbonyl (C=O) groups excluding carboxylic acids is 1. The van der Waals surface area contributed by atoms with Crippen LogP contribution >= 0.6 is 11.8 Å². The zero-order valence-electron chi connectivity index (χ0n) is 11.9. The highest BCUT2D eigenvalue weighted by Crippen LogP contribution is 2.19. The predicted molar refractivity (Wildman–Crippen MR) is 80.0 cm³/mol. The average Bonchev–Trinajstić information content (AvgIpc) is 2.38. The fourth-order valence-electron chi connectivity index (χ4n) is 1.56. The van der Waals surface area contributed by atoms with Gasteiger partial charge in [-0.05, 0) is 50.1 Å². The summed E-state index contributed by atoms with van der Waals surface area (Å²) in [4.78, 5) is 11.1. The number of aryl methyl sites for hydroxylation is 2. The number of thioether (sulfide) groups is 1. The van der Waals surface area contributed by atoms with E-state index in [1.54, 1.807) is 11.8 Å². The first-order chi connectivity index (χ1) is 9.13. The maximum atomic E-state index is 11.1. The molecule has 1 rings (SSSR count). The van der Waals surface area contributed by atoms with Gasteiger partial charge in [-0.15, -0.1) is 0 Å². The number of carbonyl (C=O) groups is 1. The molecule has 0 aliphatic heterocycles. The Morgan fingerprint density at radius 3 is 2.84 bits per heavy atom. The summed E-state index contributed by atoms with van der Waals surface area (Å²) in [6.45, 7) is 7.06. The molecule has 0 spiro atoms. The number of hydrogen-bond acceptors (Lipinski definition) is 4. The lowest BCUT2D eigenvalue weighted by molar-refractivity contribution is -0.139. The molecule has 0 saturated heterocycles. The van der Waals surface area contributed by atoms with Crippen LogP contribution in [0.5, 0.6) is 5.75 Å². The molecule has 0 aliphatic rings. The molecule has 0 N–H and O–H groups in total. The summed E-state index contributed by atoms with van der Waals surface area (Å²) in [5.41, 5.74) is 2.36. The van der Waals surface area contributed by atoms with Crippen molar-refractivity contribution < 1.29 is 14.3 Å². The molecule has 1 aromatic carbocycles. The second-order valence-electron chi connectivity index (χ2n) is 4.33. The van der Waals surface area contributed by atoms with Crippen molar-refractivity contribution >= 4 is 17.7 Å². The molecular formula is C15H22O3S. The Kier molecular flexibility index (Phi) is 7.41. The SMILES string of the molecule is CCOC(=O)CSCCCOc1cc(C)ccc1C. The monoisotopic (exact) mass is 282 g/mol. The zero-order valence-corrected chi connectivity index (χ0v) is 12.7. The van der Waals surface area contributed by atoms with Crippen molar-refractivity contribution in [2.24, 2.45) is 0 Å². The lowest BCUT2D eigenvalue weighted by Crippen LogP contribution is -2.08. The lowest BCUT2D eigenvalue weighted by Gasteiger charge is -2.09. The fraction of sp³-hybridized carbons (Fsp3) is 0.533. The Morgan fingerprint density at radius 1 is 1.32 bits per heavy atom. The second kappa shape index (κ2) is 8.86. The minimum atomic E-state index is -0.136. The minimum absolute atomic E-state index is 0.136. The van der Waals surface area contributed by atoms with Gasteiger partial charge in [0, 0.05) is 0 Å². The van der Waals surface area contributed by atoms with Gasteiger partial charge in [0.25, 0.3) is 0 Å². The molecule has 1 aromatic rings. The highest BCUT2D eigenvalue weighted by atomic mass is 32.2. The van der Waals surface area contributed by atoms with Crippen LogP contribution in [0.1, 0.15) is 24.5 Å². The molecular weight excluding hydrogens is 260 g/mol. The molecule has 19 heavy (non-hydrogen) atoms. The maximum Gasteiger partial charge on any atom is 0.315 e. The van der Waals surface area contributed by atoms with Gasteiger partial charge in [-0.25, -0.2) is 0 Å². The average molecular weight is 282 g/mol. The van der Waals surface area contributed by atoms with Crippen LogP contribution in [0, 0.1) is 13.8 Å². The minimum Gasteiger partial charge on any atom is -0.493 e. The molecule has 106 valence electrons. The largest absolute Gasteiger partial charge is 0.493 e. The summed E-state index contributed by atoms with van der Waals surface area (Å²) in [7, 11) is 0. The molecule has 0 fully saturated rings. The number of esters is 1. The first-order valence-corrected chi connectivity index (χ1v) is 7.72. The Bertz CT molecular complexity index is 404. The molecule has 0 atom stereocenters. The van der Waals surface area contributed by atoms with Crippen molar-refractivity contribution in [3.63, 3.8) is 0 Å². The van der Waals surface area contributed by atoms with Gasteiger partial charge >= 0.3 is 5.97 Å². The third kappa shape index (κ3) is 6.53. The van der Waals surface area contributed by atoms with Crippen molar-refractivity contribution in [2.45, 2.75) is 27.2 Å². The summed E-state index contributed by atoms with van der Waals surface area (Å²) >= 11 is 1.59. The van der Waals surface area contributed by atoms with E-state index in [1.807, 2.05) is 13.8 Å². The van der Waals surface area contributed by atoms with E-state index in [9.17, 15) is 4.79 Å². The highest BCUT2D eigenvalue weighted by Gasteiger charge is 2.02. The van der Waals surface area contributed by atoms with Crippen molar-refractivity contribution in [2.75, 3.05) is 24.7 Å². The molecule has 0 amide bonds. The fourth-order valence-corrected chi connectivity index (χ4v) is 2.28. The van der Waals surface area contributed by atoms with Gasteiger partial charge in [0.05, 0.1) is 19.0 Å². The molecule has 3 nitrogen and oxygen atoms in total. The van der Waals surface area contributed by atoms with E-state index in [0.29, 0.717) is 19.0 Å². The van der Waals surface area contributed by atoms with Crippen LogP contribution in [-0.2, 0) is 9.53 Å². The lowest BCUT2D eigenvalue weighted by atomic mass is 10.1. The normalized spacial score (nSPS) is 10.3. The van der Waals surface area contributed by atoms with E-state index in [0.717, 1.165) is 23.5 Å². The summed E-state index contributed by atoms with van der Waals surface area (Å²) in [6, 6.07) is 6.21. The van der Waals surface area contributed by atoms with Crippen LogP contribution < -0.4 is 4.74 Å². The van der Waals surface area contributed by atoms with Gasteiger partial charge in [-0.1, -0.05) is 12.1 Å². The van der Waals surface area contributed by atoms with Gasteiger partial charge in [0.2, 0.25) is 0 Å². The Balaban J connectivity index is 2.14. The quantitative estimate of drug-likeness (QED) is 0.541. The standard InChI is InChI=1S/C15H22O3S/c1-4-17-15(16)11-19-9-5-8-18-14-10-12(2)6-7-13(14)3/h6-7,10H,4-5,8-9,11H2,1-3H3. The first-order valence-electron chi connectivity index (χ1n) is 6.57. The first kappa shape index (κ1) is 15.9. The summed E-state index contributed by atoms with van der Waals surface area (Å²) in [6.07, 6.45) is 0.928. The van der Waals surface area contributed by atoms with E-state index in [2.05, 4.69) is 25.1 Å². The van der Waals surface area contributed by atoms with Crippen LogP contribution in [0.3, 0.4) is 0 Å². The predicted octanol–water partition coefficient (Wildman–Crippen LogP) is 3.37. The van der Waals surface area contributed by atoms with E-state index < -0.39 is 0 Å². The molecule has 0 saturated carbocycles. The number of benzene rings is 1. The smallest absolute Gasteiger partial charge is 0.315 e. The van der Waals surface area contributed by atoms with Crippen LogP contribution in [0.2, 0.25) is 0 Å². The van der Waals surface area contributed by atoms with Gasteiger partial charge in [-0.2, -0.15) is 11.8 Å². The van der Waals surface area contributed by atoms with Crippen molar-refractivity contribution in [3.05, 3.63) is 29.3 Å². The Morgan fingerprint density at radius 2 is 2.11 bits per heavy atom. The number of ether oxygens (including phenoxy) is 2. The Hall–Kier alpha value is -1.16. The van der Waals surface area contributed by atoms with Gasteiger partial charge in [-0.3, -0.25) is 4.79 Å². The molecule has 0 unspecified atom stereocenters. The zero-order chi connectivity index (χ0) is 14.1. The molecule has 4 heteroatoms. The number of hydrogen-bond donors (Lipinski definition) is 0. The topological polar surface area (TPSA) is 35.5 Å². The van der Waals surface area contributed by atoms with Gasteiger partial charge in [0.1, 0.15) is 5.75 Å². The summed E-state index contributed by atoms with van der Waals surface area (Å²) in [5, 5.41) is 0.